The number of rotatable bonds is 3. The van der Waals surface area contributed by atoms with E-state index >= 15 is 0 Å². The second-order valence-corrected chi connectivity index (χ2v) is 5.41. The van der Waals surface area contributed by atoms with Gasteiger partial charge < -0.3 is 4.90 Å². The molecule has 0 aliphatic heterocycles. The van der Waals surface area contributed by atoms with Crippen molar-refractivity contribution in [1.29, 1.82) is 0 Å². The Labute approximate surface area is 82.3 Å². The summed E-state index contributed by atoms with van der Waals surface area (Å²) >= 11 is 0. The largest absolute Gasteiger partial charge is 0.345 e. The van der Waals surface area contributed by atoms with Gasteiger partial charge in [0.15, 0.2) is 0 Å². The third-order valence-electron chi connectivity index (χ3n) is 1.72. The average molecular weight is 185 g/mol. The topological polar surface area (TPSA) is 20.3 Å². The van der Waals surface area contributed by atoms with E-state index in [0.717, 1.165) is 6.54 Å². The van der Waals surface area contributed by atoms with Gasteiger partial charge in [0.05, 0.1) is 0 Å². The van der Waals surface area contributed by atoms with Crippen molar-refractivity contribution in [2.24, 2.45) is 11.3 Å². The number of carbonyl (C=O) groups is 1. The van der Waals surface area contributed by atoms with E-state index < -0.39 is 0 Å². The van der Waals surface area contributed by atoms with Crippen LogP contribution in [0.4, 0.5) is 0 Å². The van der Waals surface area contributed by atoms with Gasteiger partial charge in [-0.3, -0.25) is 4.79 Å². The first-order valence-electron chi connectivity index (χ1n) is 4.96. The van der Waals surface area contributed by atoms with Gasteiger partial charge in [-0.25, -0.2) is 0 Å². The van der Waals surface area contributed by atoms with Crippen molar-refractivity contribution < 1.29 is 4.79 Å². The zero-order valence-electron chi connectivity index (χ0n) is 9.85. The molecule has 0 rings (SSSR count). The molecule has 0 radical (unpaired) electrons. The molecule has 0 saturated heterocycles. The van der Waals surface area contributed by atoms with Crippen molar-refractivity contribution in [3.05, 3.63) is 0 Å². The van der Waals surface area contributed by atoms with Crippen molar-refractivity contribution in [2.45, 2.75) is 41.0 Å². The van der Waals surface area contributed by atoms with Gasteiger partial charge in [-0.1, -0.05) is 34.6 Å². The Kier molecular flexibility index (Phi) is 4.45. The quantitative estimate of drug-likeness (QED) is 0.661. The molecule has 0 spiro atoms. The Hall–Kier alpha value is -0.530. The van der Waals surface area contributed by atoms with E-state index in [1.54, 1.807) is 0 Å². The van der Waals surface area contributed by atoms with Crippen LogP contribution < -0.4 is 0 Å². The number of hydrogen-bond donors (Lipinski definition) is 0. The fourth-order valence-electron chi connectivity index (χ4n) is 1.30. The number of carbonyl (C=O) groups excluding carboxylic acids is 1. The first-order valence-corrected chi connectivity index (χ1v) is 4.96. The minimum Gasteiger partial charge on any atom is -0.345 e. The molecule has 0 N–H and O–H groups in total. The van der Waals surface area contributed by atoms with Crippen LogP contribution >= 0.6 is 0 Å². The van der Waals surface area contributed by atoms with Crippen LogP contribution in [0.25, 0.3) is 0 Å². The Morgan fingerprint density at radius 3 is 2.08 bits per heavy atom. The van der Waals surface area contributed by atoms with Gasteiger partial charge in [0, 0.05) is 20.0 Å². The summed E-state index contributed by atoms with van der Waals surface area (Å²) in [6.45, 7) is 11.4. The molecule has 0 atom stereocenters. The van der Waals surface area contributed by atoms with Gasteiger partial charge in [-0.2, -0.15) is 0 Å². The molecule has 0 unspecified atom stereocenters. The number of hydrogen-bond acceptors (Lipinski definition) is 1. The summed E-state index contributed by atoms with van der Waals surface area (Å²) in [5.41, 5.74) is 0.196. The Bertz CT molecular complexity index is 167. The van der Waals surface area contributed by atoms with Crippen molar-refractivity contribution in [3.8, 4) is 0 Å². The molecule has 2 nitrogen and oxygen atoms in total. The fraction of sp³-hybridized carbons (Fsp3) is 0.909. The molecule has 0 aromatic heterocycles. The summed E-state index contributed by atoms with van der Waals surface area (Å²) < 4.78 is 0. The molecular weight excluding hydrogens is 162 g/mol. The first kappa shape index (κ1) is 12.5. The molecule has 0 aliphatic rings. The maximum Gasteiger partial charge on any atom is 0.222 e. The van der Waals surface area contributed by atoms with E-state index in [4.69, 9.17) is 0 Å². The van der Waals surface area contributed by atoms with E-state index in [2.05, 4.69) is 34.6 Å². The number of nitrogens with zero attached hydrogens (tertiary/aromatic N) is 1. The van der Waals surface area contributed by atoms with E-state index in [1.165, 1.54) is 0 Å². The van der Waals surface area contributed by atoms with Crippen LogP contribution in [0, 0.1) is 11.3 Å². The van der Waals surface area contributed by atoms with Crippen LogP contribution in [-0.2, 0) is 4.79 Å². The molecular formula is C11H23NO. The molecule has 78 valence electrons. The zero-order valence-corrected chi connectivity index (χ0v) is 9.85. The van der Waals surface area contributed by atoms with Gasteiger partial charge in [0.1, 0.15) is 0 Å². The van der Waals surface area contributed by atoms with E-state index in [0.29, 0.717) is 12.3 Å². The molecule has 0 bridgehead atoms. The van der Waals surface area contributed by atoms with Crippen LogP contribution in [0.1, 0.15) is 41.0 Å². The van der Waals surface area contributed by atoms with Crippen LogP contribution in [0.3, 0.4) is 0 Å². The van der Waals surface area contributed by atoms with Gasteiger partial charge in [-0.15, -0.1) is 0 Å². The highest BCUT2D eigenvalue weighted by molar-refractivity contribution is 5.76. The highest BCUT2D eigenvalue weighted by Crippen LogP contribution is 2.15. The minimum atomic E-state index is 0.196. The maximum absolute atomic E-state index is 11.6. The second-order valence-electron chi connectivity index (χ2n) is 5.41. The van der Waals surface area contributed by atoms with Crippen LogP contribution in [0.5, 0.6) is 0 Å². The average Bonchev–Trinajstić information content (AvgIpc) is 1.81. The van der Waals surface area contributed by atoms with Crippen LogP contribution in [0.15, 0.2) is 0 Å². The normalized spacial score (nSPS) is 11.9. The van der Waals surface area contributed by atoms with Crippen LogP contribution in [0.2, 0.25) is 0 Å². The predicted molar refractivity (Wildman–Crippen MR) is 56.5 cm³/mol. The highest BCUT2D eigenvalue weighted by atomic mass is 16.2. The monoisotopic (exact) mass is 185 g/mol. The van der Waals surface area contributed by atoms with E-state index in [-0.39, 0.29) is 11.3 Å². The third kappa shape index (κ3) is 6.62. The molecule has 0 aromatic carbocycles. The lowest BCUT2D eigenvalue weighted by Crippen LogP contribution is -2.34. The summed E-state index contributed by atoms with van der Waals surface area (Å²) in [7, 11) is 1.88. The molecule has 1 amide bonds. The SMILES string of the molecule is CC(C)CC(=O)N(C)CC(C)(C)C. The Morgan fingerprint density at radius 1 is 1.31 bits per heavy atom. The summed E-state index contributed by atoms with van der Waals surface area (Å²) in [6.07, 6.45) is 0.659. The first-order chi connectivity index (χ1) is 5.72. The summed E-state index contributed by atoms with van der Waals surface area (Å²) in [5, 5.41) is 0. The lowest BCUT2D eigenvalue weighted by molar-refractivity contribution is -0.131. The lowest BCUT2D eigenvalue weighted by Gasteiger charge is -2.27. The highest BCUT2D eigenvalue weighted by Gasteiger charge is 2.17. The zero-order chi connectivity index (χ0) is 10.6. The van der Waals surface area contributed by atoms with Crippen molar-refractivity contribution in [1.82, 2.24) is 4.90 Å². The molecule has 0 aliphatic carbocycles. The summed E-state index contributed by atoms with van der Waals surface area (Å²) in [4.78, 5) is 13.4. The maximum atomic E-state index is 11.6. The predicted octanol–water partition coefficient (Wildman–Crippen LogP) is 2.54. The standard InChI is InChI=1S/C11H23NO/c1-9(2)7-10(13)12(6)8-11(3,4)5/h9H,7-8H2,1-6H3. The van der Waals surface area contributed by atoms with Gasteiger partial charge in [0.2, 0.25) is 5.91 Å². The molecule has 0 heterocycles. The third-order valence-corrected chi connectivity index (χ3v) is 1.72. The van der Waals surface area contributed by atoms with Crippen molar-refractivity contribution >= 4 is 5.91 Å². The fourth-order valence-corrected chi connectivity index (χ4v) is 1.30. The molecule has 0 fully saturated rings. The molecule has 0 aromatic rings. The molecule has 13 heavy (non-hydrogen) atoms. The number of amides is 1. The molecule has 0 saturated carbocycles. The van der Waals surface area contributed by atoms with Gasteiger partial charge in [0.25, 0.3) is 0 Å². The second kappa shape index (κ2) is 4.64. The van der Waals surface area contributed by atoms with Gasteiger partial charge >= 0.3 is 0 Å². The van der Waals surface area contributed by atoms with E-state index in [1.807, 2.05) is 11.9 Å². The minimum absolute atomic E-state index is 0.196. The smallest absolute Gasteiger partial charge is 0.222 e. The lowest BCUT2D eigenvalue weighted by atomic mass is 9.96. The Balaban J connectivity index is 3.97. The molecule has 2 heteroatoms. The van der Waals surface area contributed by atoms with Gasteiger partial charge in [-0.05, 0) is 11.3 Å². The van der Waals surface area contributed by atoms with E-state index in [9.17, 15) is 4.79 Å². The summed E-state index contributed by atoms with van der Waals surface area (Å²) in [5.74, 6) is 0.708. The summed E-state index contributed by atoms with van der Waals surface area (Å²) in [6, 6.07) is 0. The Morgan fingerprint density at radius 2 is 1.77 bits per heavy atom. The van der Waals surface area contributed by atoms with Crippen molar-refractivity contribution in [2.75, 3.05) is 13.6 Å². The van der Waals surface area contributed by atoms with Crippen LogP contribution in [-0.4, -0.2) is 24.4 Å². The van der Waals surface area contributed by atoms with Crippen molar-refractivity contribution in [3.63, 3.8) is 0 Å².